The van der Waals surface area contributed by atoms with Gasteiger partial charge in [-0.2, -0.15) is 5.10 Å². The summed E-state index contributed by atoms with van der Waals surface area (Å²) in [7, 11) is 0. The van der Waals surface area contributed by atoms with Crippen molar-refractivity contribution in [2.75, 3.05) is 26.2 Å². The molecule has 24 heavy (non-hydrogen) atoms. The zero-order valence-electron chi connectivity index (χ0n) is 13.1. The molecule has 6 nitrogen and oxygen atoms in total. The number of carbonyl (C=O) groups excluding carboxylic acids is 2. The second kappa shape index (κ2) is 6.83. The van der Waals surface area contributed by atoms with Crippen molar-refractivity contribution in [2.24, 2.45) is 0 Å². The number of amides is 2. The van der Waals surface area contributed by atoms with Crippen LogP contribution in [-0.4, -0.2) is 58.0 Å². The van der Waals surface area contributed by atoms with E-state index in [1.54, 1.807) is 34.1 Å². The van der Waals surface area contributed by atoms with E-state index in [0.717, 1.165) is 5.69 Å². The molecule has 1 aromatic heterocycles. The van der Waals surface area contributed by atoms with Crippen molar-refractivity contribution in [3.05, 3.63) is 51.3 Å². The van der Waals surface area contributed by atoms with E-state index in [1.165, 1.54) is 0 Å². The van der Waals surface area contributed by atoms with Crippen molar-refractivity contribution >= 4 is 35.0 Å². The fourth-order valence-electron chi connectivity index (χ4n) is 2.64. The van der Waals surface area contributed by atoms with Gasteiger partial charge in [-0.05, 0) is 25.1 Å². The van der Waals surface area contributed by atoms with E-state index >= 15 is 0 Å². The highest BCUT2D eigenvalue weighted by atomic mass is 35.5. The number of aryl methyl sites for hydroxylation is 1. The van der Waals surface area contributed by atoms with Gasteiger partial charge in [-0.1, -0.05) is 29.3 Å². The molecule has 1 aliphatic heterocycles. The van der Waals surface area contributed by atoms with Crippen molar-refractivity contribution in [1.82, 2.24) is 20.0 Å². The topological polar surface area (TPSA) is 69.3 Å². The van der Waals surface area contributed by atoms with Crippen LogP contribution in [0.5, 0.6) is 0 Å². The molecule has 1 saturated heterocycles. The number of aromatic amines is 1. The molecule has 2 heterocycles. The molecule has 2 amide bonds. The Kier molecular flexibility index (Phi) is 4.78. The van der Waals surface area contributed by atoms with Crippen molar-refractivity contribution in [3.63, 3.8) is 0 Å². The van der Waals surface area contributed by atoms with Gasteiger partial charge < -0.3 is 9.80 Å². The molecule has 3 rings (SSSR count). The van der Waals surface area contributed by atoms with E-state index in [-0.39, 0.29) is 16.8 Å². The summed E-state index contributed by atoms with van der Waals surface area (Å²) in [5.41, 5.74) is 1.61. The molecule has 0 aliphatic carbocycles. The zero-order valence-corrected chi connectivity index (χ0v) is 14.6. The fourth-order valence-corrected chi connectivity index (χ4v) is 3.02. The molecule has 0 radical (unpaired) electrons. The lowest BCUT2D eigenvalue weighted by molar-refractivity contribution is 0.0532. The smallest absolute Gasteiger partial charge is 0.274 e. The minimum Gasteiger partial charge on any atom is -0.335 e. The second-order valence-electron chi connectivity index (χ2n) is 5.62. The number of nitrogens with zero attached hydrogens (tertiary/aromatic N) is 3. The van der Waals surface area contributed by atoms with E-state index in [0.29, 0.717) is 42.5 Å². The number of nitrogens with one attached hydrogen (secondary N) is 1. The van der Waals surface area contributed by atoms with Crippen LogP contribution >= 0.6 is 23.2 Å². The molecule has 2 aromatic rings. The van der Waals surface area contributed by atoms with Crippen LogP contribution in [0.15, 0.2) is 24.3 Å². The molecule has 0 saturated carbocycles. The Morgan fingerprint density at radius 3 is 2.29 bits per heavy atom. The summed E-state index contributed by atoms with van der Waals surface area (Å²) >= 11 is 12.1. The molecule has 0 spiro atoms. The van der Waals surface area contributed by atoms with Crippen LogP contribution in [0.2, 0.25) is 10.0 Å². The quantitative estimate of drug-likeness (QED) is 0.887. The standard InChI is InChI=1S/C16H16Cl2N4O2/c1-10-9-13(20-19-10)16(24)22-7-5-21(6-8-22)15(23)11-3-2-4-12(17)14(11)18/h2-4,9H,5-8H2,1H3,(H,19,20). The molecule has 126 valence electrons. The Labute approximate surface area is 149 Å². The van der Waals surface area contributed by atoms with Crippen LogP contribution in [0.4, 0.5) is 0 Å². The van der Waals surface area contributed by atoms with Crippen LogP contribution in [0.25, 0.3) is 0 Å². The molecule has 8 heteroatoms. The number of aromatic nitrogens is 2. The second-order valence-corrected chi connectivity index (χ2v) is 6.41. The van der Waals surface area contributed by atoms with Crippen LogP contribution in [0.1, 0.15) is 26.5 Å². The third-order valence-electron chi connectivity index (χ3n) is 3.96. The molecule has 0 unspecified atom stereocenters. The number of halogens is 2. The summed E-state index contributed by atoms with van der Waals surface area (Å²) in [6.07, 6.45) is 0. The van der Waals surface area contributed by atoms with Gasteiger partial charge in [-0.15, -0.1) is 0 Å². The van der Waals surface area contributed by atoms with Crippen molar-refractivity contribution in [3.8, 4) is 0 Å². The third-order valence-corrected chi connectivity index (χ3v) is 4.78. The predicted molar refractivity (Wildman–Crippen MR) is 91.6 cm³/mol. The first kappa shape index (κ1) is 16.8. The molecule has 1 aliphatic rings. The van der Waals surface area contributed by atoms with Crippen LogP contribution < -0.4 is 0 Å². The van der Waals surface area contributed by atoms with E-state index in [2.05, 4.69) is 10.2 Å². The van der Waals surface area contributed by atoms with Gasteiger partial charge >= 0.3 is 0 Å². The number of rotatable bonds is 2. The minimum absolute atomic E-state index is 0.132. The highest BCUT2D eigenvalue weighted by Gasteiger charge is 2.27. The van der Waals surface area contributed by atoms with Gasteiger partial charge in [0.2, 0.25) is 0 Å². The Morgan fingerprint density at radius 2 is 1.71 bits per heavy atom. The van der Waals surface area contributed by atoms with Crippen molar-refractivity contribution in [2.45, 2.75) is 6.92 Å². The van der Waals surface area contributed by atoms with E-state index in [4.69, 9.17) is 23.2 Å². The van der Waals surface area contributed by atoms with Crippen LogP contribution in [-0.2, 0) is 0 Å². The number of carbonyl (C=O) groups is 2. The predicted octanol–water partition coefficient (Wildman–Crippen LogP) is 2.62. The Morgan fingerprint density at radius 1 is 1.08 bits per heavy atom. The Bertz CT molecular complexity index is 782. The molecular weight excluding hydrogens is 351 g/mol. The summed E-state index contributed by atoms with van der Waals surface area (Å²) in [5.74, 6) is -0.308. The molecule has 0 atom stereocenters. The summed E-state index contributed by atoms with van der Waals surface area (Å²) in [4.78, 5) is 28.3. The maximum Gasteiger partial charge on any atom is 0.274 e. The zero-order chi connectivity index (χ0) is 17.3. The number of benzene rings is 1. The Balaban J connectivity index is 1.65. The highest BCUT2D eigenvalue weighted by molar-refractivity contribution is 6.43. The van der Waals surface area contributed by atoms with Gasteiger partial charge in [0.05, 0.1) is 15.6 Å². The van der Waals surface area contributed by atoms with E-state index < -0.39 is 0 Å². The summed E-state index contributed by atoms with van der Waals surface area (Å²) in [5, 5.41) is 7.36. The lowest BCUT2D eigenvalue weighted by Crippen LogP contribution is -2.50. The monoisotopic (exact) mass is 366 g/mol. The molecular formula is C16H16Cl2N4O2. The molecule has 0 bridgehead atoms. The molecule has 1 fully saturated rings. The van der Waals surface area contributed by atoms with Gasteiger partial charge in [0.25, 0.3) is 11.8 Å². The van der Waals surface area contributed by atoms with Crippen molar-refractivity contribution in [1.29, 1.82) is 0 Å². The van der Waals surface area contributed by atoms with E-state index in [9.17, 15) is 9.59 Å². The molecule has 1 aromatic carbocycles. The van der Waals surface area contributed by atoms with Crippen LogP contribution in [0, 0.1) is 6.92 Å². The third kappa shape index (κ3) is 3.25. The number of piperazine rings is 1. The average molecular weight is 367 g/mol. The maximum atomic E-state index is 12.6. The van der Waals surface area contributed by atoms with Gasteiger partial charge in [-0.25, -0.2) is 0 Å². The number of hydrogen-bond donors (Lipinski definition) is 1. The van der Waals surface area contributed by atoms with Gasteiger partial charge in [-0.3, -0.25) is 14.7 Å². The Hall–Kier alpha value is -2.05. The normalized spacial score (nSPS) is 14.8. The summed E-state index contributed by atoms with van der Waals surface area (Å²) in [6, 6.07) is 6.70. The SMILES string of the molecule is Cc1cc(C(=O)N2CCN(C(=O)c3cccc(Cl)c3Cl)CC2)n[nH]1. The first-order chi connectivity index (χ1) is 11.5. The van der Waals surface area contributed by atoms with Gasteiger partial charge in [0, 0.05) is 31.9 Å². The summed E-state index contributed by atoms with van der Waals surface area (Å²) < 4.78 is 0. The minimum atomic E-state index is -0.176. The van der Waals surface area contributed by atoms with Crippen molar-refractivity contribution < 1.29 is 9.59 Å². The van der Waals surface area contributed by atoms with Gasteiger partial charge in [0.1, 0.15) is 5.69 Å². The lowest BCUT2D eigenvalue weighted by atomic mass is 10.1. The first-order valence-electron chi connectivity index (χ1n) is 7.52. The summed E-state index contributed by atoms with van der Waals surface area (Å²) in [6.45, 7) is 3.63. The van der Waals surface area contributed by atoms with Crippen LogP contribution in [0.3, 0.4) is 0 Å². The largest absolute Gasteiger partial charge is 0.335 e. The first-order valence-corrected chi connectivity index (χ1v) is 8.27. The number of H-pyrrole nitrogens is 1. The van der Waals surface area contributed by atoms with Gasteiger partial charge in [0.15, 0.2) is 0 Å². The lowest BCUT2D eigenvalue weighted by Gasteiger charge is -2.34. The maximum absolute atomic E-state index is 12.6. The fraction of sp³-hybridized carbons (Fsp3) is 0.312. The highest BCUT2D eigenvalue weighted by Crippen LogP contribution is 2.26. The average Bonchev–Trinajstić information content (AvgIpc) is 3.03. The molecule has 1 N–H and O–H groups in total. The number of hydrogen-bond acceptors (Lipinski definition) is 3. The van der Waals surface area contributed by atoms with E-state index in [1.807, 2.05) is 6.92 Å².